The summed E-state index contributed by atoms with van der Waals surface area (Å²) >= 11 is 5.85. The van der Waals surface area contributed by atoms with Gasteiger partial charge in [-0.2, -0.15) is 0 Å². The molecule has 3 aromatic heterocycles. The molecule has 200 valence electrons. The summed E-state index contributed by atoms with van der Waals surface area (Å²) in [6.45, 7) is 8.87. The summed E-state index contributed by atoms with van der Waals surface area (Å²) in [7, 11) is 0. The maximum Gasteiger partial charge on any atom is 0.226 e. The third-order valence-corrected chi connectivity index (χ3v) is 7.78. The van der Waals surface area contributed by atoms with Gasteiger partial charge >= 0.3 is 0 Å². The minimum Gasteiger partial charge on any atom is -0.352 e. The van der Waals surface area contributed by atoms with Crippen LogP contribution >= 0.6 is 12.2 Å². The molecule has 1 aromatic carbocycles. The number of thiocarbonyl (C=S) groups is 1. The largest absolute Gasteiger partial charge is 0.352 e. The van der Waals surface area contributed by atoms with Crippen molar-refractivity contribution in [3.05, 3.63) is 107 Å². The molecular formula is C31H34N6OS. The fourth-order valence-electron chi connectivity index (χ4n) is 5.49. The van der Waals surface area contributed by atoms with E-state index in [9.17, 15) is 4.79 Å². The van der Waals surface area contributed by atoms with E-state index in [1.807, 2.05) is 54.7 Å². The number of aromatic nitrogens is 3. The summed E-state index contributed by atoms with van der Waals surface area (Å²) in [6, 6.07) is 19.8. The number of hydrogen-bond donors (Lipinski definition) is 2. The highest BCUT2D eigenvalue weighted by atomic mass is 32.1. The van der Waals surface area contributed by atoms with Crippen LogP contribution in [0.4, 0.5) is 5.69 Å². The molecule has 7 nitrogen and oxygen atoms in total. The Labute approximate surface area is 235 Å². The van der Waals surface area contributed by atoms with Gasteiger partial charge in [0.25, 0.3) is 0 Å². The quantitative estimate of drug-likeness (QED) is 0.278. The number of anilines is 1. The fraction of sp³-hybridized carbons (Fsp3) is 0.290. The lowest BCUT2D eigenvalue weighted by Gasteiger charge is -2.28. The molecule has 1 aliphatic heterocycles. The van der Waals surface area contributed by atoms with E-state index in [4.69, 9.17) is 12.2 Å². The van der Waals surface area contributed by atoms with E-state index < -0.39 is 0 Å². The zero-order valence-electron chi connectivity index (χ0n) is 22.8. The van der Waals surface area contributed by atoms with Crippen LogP contribution in [-0.4, -0.2) is 37.0 Å². The molecule has 8 heteroatoms. The number of rotatable bonds is 8. The second-order valence-corrected chi connectivity index (χ2v) is 10.3. The van der Waals surface area contributed by atoms with Gasteiger partial charge in [-0.05, 0) is 86.4 Å². The van der Waals surface area contributed by atoms with Crippen LogP contribution in [0.2, 0.25) is 0 Å². The number of hydrogen-bond acceptors (Lipinski definition) is 4. The van der Waals surface area contributed by atoms with E-state index in [1.165, 1.54) is 0 Å². The summed E-state index contributed by atoms with van der Waals surface area (Å²) in [5.74, 6) is 0.885. The van der Waals surface area contributed by atoms with Gasteiger partial charge in [0, 0.05) is 42.4 Å². The Balaban J connectivity index is 1.47. The number of para-hydroxylation sites is 1. The van der Waals surface area contributed by atoms with Crippen molar-refractivity contribution >= 4 is 28.9 Å². The first-order valence-corrected chi connectivity index (χ1v) is 13.8. The van der Waals surface area contributed by atoms with Crippen LogP contribution in [-0.2, 0) is 11.2 Å². The van der Waals surface area contributed by atoms with E-state index >= 15 is 0 Å². The predicted octanol–water partition coefficient (Wildman–Crippen LogP) is 5.76. The van der Waals surface area contributed by atoms with Crippen molar-refractivity contribution in [1.29, 1.82) is 0 Å². The molecule has 0 radical (unpaired) electrons. The van der Waals surface area contributed by atoms with Crippen LogP contribution < -0.4 is 10.6 Å². The van der Waals surface area contributed by atoms with Gasteiger partial charge in [0.05, 0.1) is 17.8 Å². The first-order valence-electron chi connectivity index (χ1n) is 13.4. The van der Waals surface area contributed by atoms with Gasteiger partial charge in [-0.15, -0.1) is 0 Å². The maximum atomic E-state index is 13.1. The van der Waals surface area contributed by atoms with E-state index in [2.05, 4.69) is 69.9 Å². The average Bonchev–Trinajstić information content (AvgIpc) is 3.42. The summed E-state index contributed by atoms with van der Waals surface area (Å²) in [5.41, 5.74) is 7.32. The smallest absolute Gasteiger partial charge is 0.226 e. The summed E-state index contributed by atoms with van der Waals surface area (Å²) in [4.78, 5) is 24.5. The molecule has 1 saturated heterocycles. The molecule has 1 aliphatic rings. The SMILES string of the molecule is CCc1ccccc1NC(=O)CCN1C(=S)N[C@H](c2ccccn2)[C@@H]1c1cc(C)n(-c2ncccc2C)c1C. The van der Waals surface area contributed by atoms with Crippen molar-refractivity contribution in [1.82, 2.24) is 24.8 Å². The Kier molecular flexibility index (Phi) is 7.74. The zero-order chi connectivity index (χ0) is 27.5. The number of pyridine rings is 2. The van der Waals surface area contributed by atoms with Crippen molar-refractivity contribution in [2.24, 2.45) is 0 Å². The average molecular weight is 539 g/mol. The Bertz CT molecular complexity index is 1500. The van der Waals surface area contributed by atoms with Gasteiger partial charge in [-0.25, -0.2) is 4.98 Å². The standard InChI is InChI=1S/C31H34N6OS/c1-5-23-12-6-7-13-25(23)34-27(38)15-18-36-29(28(35-31(36)39)26-14-8-9-16-32-26)24-19-21(3)37(22(24)4)30-20(2)11-10-17-33-30/h6-14,16-17,19,28-29H,5,15,18H2,1-4H3,(H,34,38)(H,35,39)/t28-,29+/m1/s1. The van der Waals surface area contributed by atoms with Gasteiger partial charge in [0.15, 0.2) is 5.11 Å². The third-order valence-electron chi connectivity index (χ3n) is 7.43. The number of aryl methyl sites for hydroxylation is 3. The van der Waals surface area contributed by atoms with Gasteiger partial charge < -0.3 is 20.1 Å². The van der Waals surface area contributed by atoms with Crippen molar-refractivity contribution in [2.75, 3.05) is 11.9 Å². The van der Waals surface area contributed by atoms with Gasteiger partial charge in [0.2, 0.25) is 5.91 Å². The van der Waals surface area contributed by atoms with Crippen molar-refractivity contribution < 1.29 is 4.79 Å². The van der Waals surface area contributed by atoms with E-state index in [1.54, 1.807) is 6.20 Å². The van der Waals surface area contributed by atoms with E-state index in [0.29, 0.717) is 18.1 Å². The number of nitrogens with zero attached hydrogens (tertiary/aromatic N) is 4. The van der Waals surface area contributed by atoms with Gasteiger partial charge in [-0.3, -0.25) is 9.78 Å². The Morgan fingerprint density at radius 3 is 2.54 bits per heavy atom. The van der Waals surface area contributed by atoms with Crippen molar-refractivity contribution in [3.8, 4) is 5.82 Å². The van der Waals surface area contributed by atoms with Crippen LogP contribution in [0.25, 0.3) is 5.82 Å². The zero-order valence-corrected chi connectivity index (χ0v) is 23.6. The highest BCUT2D eigenvalue weighted by Gasteiger charge is 2.41. The highest BCUT2D eigenvalue weighted by Crippen LogP contribution is 2.41. The lowest BCUT2D eigenvalue weighted by atomic mass is 9.96. The predicted molar refractivity (Wildman–Crippen MR) is 159 cm³/mol. The molecule has 5 rings (SSSR count). The molecule has 0 saturated carbocycles. The summed E-state index contributed by atoms with van der Waals surface area (Å²) in [5, 5.41) is 7.22. The first-order chi connectivity index (χ1) is 18.9. The Morgan fingerprint density at radius 1 is 1.03 bits per heavy atom. The number of amides is 1. The molecule has 2 atom stereocenters. The van der Waals surface area contributed by atoms with Crippen molar-refractivity contribution in [2.45, 2.75) is 52.6 Å². The molecule has 0 aliphatic carbocycles. The minimum atomic E-state index is -0.152. The fourth-order valence-corrected chi connectivity index (χ4v) is 5.83. The summed E-state index contributed by atoms with van der Waals surface area (Å²) < 4.78 is 2.20. The molecule has 1 amide bonds. The van der Waals surface area contributed by atoms with Crippen LogP contribution in [0.1, 0.15) is 59.2 Å². The third kappa shape index (κ3) is 5.29. The van der Waals surface area contributed by atoms with Crippen LogP contribution in [0.15, 0.2) is 73.1 Å². The molecule has 0 bridgehead atoms. The van der Waals surface area contributed by atoms with Gasteiger partial charge in [0.1, 0.15) is 5.82 Å². The molecule has 4 aromatic rings. The summed E-state index contributed by atoms with van der Waals surface area (Å²) in [6.07, 6.45) is 4.80. The van der Waals surface area contributed by atoms with Crippen LogP contribution in [0.3, 0.4) is 0 Å². The maximum absolute atomic E-state index is 13.1. The number of nitrogens with one attached hydrogen (secondary N) is 2. The lowest BCUT2D eigenvalue weighted by Crippen LogP contribution is -2.33. The number of carbonyl (C=O) groups excluding carboxylic acids is 1. The molecular weight excluding hydrogens is 504 g/mol. The van der Waals surface area contributed by atoms with Crippen molar-refractivity contribution in [3.63, 3.8) is 0 Å². The number of benzene rings is 1. The molecule has 0 spiro atoms. The highest BCUT2D eigenvalue weighted by molar-refractivity contribution is 7.80. The number of carbonyl (C=O) groups is 1. The molecule has 39 heavy (non-hydrogen) atoms. The monoisotopic (exact) mass is 538 g/mol. The van der Waals surface area contributed by atoms with E-state index in [-0.39, 0.29) is 18.0 Å². The van der Waals surface area contributed by atoms with Crippen LogP contribution in [0.5, 0.6) is 0 Å². The first kappa shape index (κ1) is 26.6. The normalized spacial score (nSPS) is 16.8. The molecule has 2 N–H and O–H groups in total. The van der Waals surface area contributed by atoms with Gasteiger partial charge in [-0.1, -0.05) is 37.3 Å². The lowest BCUT2D eigenvalue weighted by molar-refractivity contribution is -0.116. The van der Waals surface area contributed by atoms with E-state index in [0.717, 1.165) is 51.7 Å². The van der Waals surface area contributed by atoms with Crippen LogP contribution in [0, 0.1) is 20.8 Å². The second-order valence-electron chi connectivity index (χ2n) is 9.93. The minimum absolute atomic E-state index is 0.0340. The molecule has 4 heterocycles. The molecule has 0 unspecified atom stereocenters. The Morgan fingerprint density at radius 2 is 1.79 bits per heavy atom. The second kappa shape index (κ2) is 11.4. The molecule has 1 fully saturated rings. The topological polar surface area (TPSA) is 75.1 Å². The Hall–Kier alpha value is -4.04.